The zero-order valence-corrected chi connectivity index (χ0v) is 12.8. The molecule has 0 amide bonds. The van der Waals surface area contributed by atoms with Gasteiger partial charge in [0.05, 0.1) is 5.67 Å². The molecule has 5 unspecified atom stereocenters. The van der Waals surface area contributed by atoms with E-state index in [1.807, 2.05) is 14.2 Å². The minimum Gasteiger partial charge on any atom is -0.399 e. The third-order valence-electron chi connectivity index (χ3n) is 4.66. The van der Waals surface area contributed by atoms with Crippen molar-refractivity contribution in [3.05, 3.63) is 0 Å². The van der Waals surface area contributed by atoms with Crippen LogP contribution >= 0.6 is 0 Å². The van der Waals surface area contributed by atoms with Gasteiger partial charge in [-0.3, -0.25) is 0 Å². The van der Waals surface area contributed by atoms with E-state index < -0.39 is 9.28 Å². The summed E-state index contributed by atoms with van der Waals surface area (Å²) in [5.41, 5.74) is 0.501. The number of rotatable bonds is 3. The predicted octanol–water partition coefficient (Wildman–Crippen LogP) is 1.84. The minimum atomic E-state index is -1.54. The van der Waals surface area contributed by atoms with Gasteiger partial charge in [-0.15, -0.1) is 0 Å². The van der Waals surface area contributed by atoms with Crippen molar-refractivity contribution in [1.29, 1.82) is 0 Å². The summed E-state index contributed by atoms with van der Waals surface area (Å²) in [5.74, 6) is 2.55. The van der Waals surface area contributed by atoms with Gasteiger partial charge in [0.1, 0.15) is 0 Å². The van der Waals surface area contributed by atoms with Crippen LogP contribution < -0.4 is 5.32 Å². The molecule has 0 aromatic carbocycles. The first-order valence-electron chi connectivity index (χ1n) is 6.97. The highest BCUT2D eigenvalue weighted by Gasteiger charge is 2.43. The van der Waals surface area contributed by atoms with Gasteiger partial charge in [0.25, 0.3) is 0 Å². The molecule has 1 aliphatic carbocycles. The van der Waals surface area contributed by atoms with E-state index in [2.05, 4.69) is 19.2 Å². The molecule has 0 aromatic heterocycles. The highest BCUT2D eigenvalue weighted by Crippen LogP contribution is 2.41. The van der Waals surface area contributed by atoms with Gasteiger partial charge >= 0.3 is 9.28 Å². The Kier molecular flexibility index (Phi) is 4.63. The van der Waals surface area contributed by atoms with Crippen molar-refractivity contribution in [2.75, 3.05) is 14.2 Å². The van der Waals surface area contributed by atoms with Gasteiger partial charge in [0.2, 0.25) is 0 Å². The first-order chi connectivity index (χ1) is 8.15. The second kappa shape index (κ2) is 5.82. The third-order valence-corrected chi connectivity index (χ3v) is 6.87. The molecule has 1 N–H and O–H groups in total. The molecule has 5 atom stereocenters. The van der Waals surface area contributed by atoms with Crippen LogP contribution in [0.5, 0.6) is 0 Å². The molecule has 0 radical (unpaired) electrons. The van der Waals surface area contributed by atoms with Crippen molar-refractivity contribution in [3.8, 4) is 0 Å². The minimum absolute atomic E-state index is 0.501. The molecular weight excluding hydrogens is 230 g/mol. The zero-order chi connectivity index (χ0) is 12.4. The molecule has 4 heteroatoms. The van der Waals surface area contributed by atoms with Gasteiger partial charge in [0.15, 0.2) is 0 Å². The maximum absolute atomic E-state index is 5.63. The largest absolute Gasteiger partial charge is 0.399 e. The summed E-state index contributed by atoms with van der Waals surface area (Å²) < 4.78 is 11.3. The lowest BCUT2D eigenvalue weighted by atomic mass is 9.70. The summed E-state index contributed by atoms with van der Waals surface area (Å²) in [6.45, 7) is 4.69. The molecular formula is C13H27NO2Si. The SMILES string of the molecule is CO[SiH](OC)C1NC(C)CC2CCC(C)CC21. The molecule has 2 rings (SSSR count). The van der Waals surface area contributed by atoms with Crippen LogP contribution in [0.4, 0.5) is 0 Å². The van der Waals surface area contributed by atoms with Crippen molar-refractivity contribution >= 4 is 9.28 Å². The summed E-state index contributed by atoms with van der Waals surface area (Å²) in [5, 5.41) is 3.75. The first-order valence-corrected chi connectivity index (χ1v) is 8.58. The van der Waals surface area contributed by atoms with Crippen LogP contribution in [0, 0.1) is 17.8 Å². The van der Waals surface area contributed by atoms with Gasteiger partial charge < -0.3 is 14.2 Å². The Hall–Kier alpha value is 0.0969. The maximum atomic E-state index is 5.63. The van der Waals surface area contributed by atoms with Gasteiger partial charge in [-0.05, 0) is 43.9 Å². The maximum Gasteiger partial charge on any atom is 0.338 e. The van der Waals surface area contributed by atoms with Crippen LogP contribution in [0.15, 0.2) is 0 Å². The van der Waals surface area contributed by atoms with Crippen molar-refractivity contribution < 1.29 is 8.85 Å². The van der Waals surface area contributed by atoms with E-state index in [1.54, 1.807) is 0 Å². The Morgan fingerprint density at radius 1 is 1.06 bits per heavy atom. The fourth-order valence-corrected chi connectivity index (χ4v) is 6.00. The first kappa shape index (κ1) is 13.5. The predicted molar refractivity (Wildman–Crippen MR) is 72.2 cm³/mol. The van der Waals surface area contributed by atoms with E-state index in [0.717, 1.165) is 17.8 Å². The molecule has 0 aromatic rings. The highest BCUT2D eigenvalue weighted by atomic mass is 28.3. The lowest BCUT2D eigenvalue weighted by molar-refractivity contribution is 0.0924. The van der Waals surface area contributed by atoms with Crippen molar-refractivity contribution in [2.24, 2.45) is 17.8 Å². The van der Waals surface area contributed by atoms with Crippen LogP contribution in [-0.4, -0.2) is 35.2 Å². The van der Waals surface area contributed by atoms with Crippen molar-refractivity contribution in [2.45, 2.75) is 51.2 Å². The third kappa shape index (κ3) is 2.92. The number of nitrogens with one attached hydrogen (secondary N) is 1. The monoisotopic (exact) mass is 257 g/mol. The van der Waals surface area contributed by atoms with Crippen molar-refractivity contribution in [1.82, 2.24) is 5.32 Å². The molecule has 3 nitrogen and oxygen atoms in total. The summed E-state index contributed by atoms with van der Waals surface area (Å²) in [4.78, 5) is 0. The molecule has 2 fully saturated rings. The Morgan fingerprint density at radius 2 is 1.76 bits per heavy atom. The van der Waals surface area contributed by atoms with Crippen LogP contribution in [-0.2, 0) is 8.85 Å². The Labute approximate surface area is 107 Å². The number of hydrogen-bond donors (Lipinski definition) is 1. The van der Waals surface area contributed by atoms with Crippen molar-refractivity contribution in [3.63, 3.8) is 0 Å². The van der Waals surface area contributed by atoms with E-state index >= 15 is 0 Å². The van der Waals surface area contributed by atoms with E-state index in [4.69, 9.17) is 8.85 Å². The fraction of sp³-hybridized carbons (Fsp3) is 1.00. The van der Waals surface area contributed by atoms with Gasteiger partial charge in [-0.25, -0.2) is 0 Å². The fourth-order valence-electron chi connectivity index (χ4n) is 3.86. The topological polar surface area (TPSA) is 30.5 Å². The number of hydrogen-bond acceptors (Lipinski definition) is 3. The normalized spacial score (nSPS) is 42.5. The van der Waals surface area contributed by atoms with Crippen LogP contribution in [0.2, 0.25) is 0 Å². The molecule has 17 heavy (non-hydrogen) atoms. The lowest BCUT2D eigenvalue weighted by Crippen LogP contribution is -2.60. The molecule has 0 spiro atoms. The Morgan fingerprint density at radius 3 is 2.41 bits per heavy atom. The molecule has 1 saturated heterocycles. The Balaban J connectivity index is 2.10. The number of fused-ring (bicyclic) bond motifs is 1. The summed E-state index contributed by atoms with van der Waals surface area (Å²) in [7, 11) is 2.07. The molecule has 100 valence electrons. The van der Waals surface area contributed by atoms with E-state index in [-0.39, 0.29) is 0 Å². The Bertz CT molecular complexity index is 248. The molecule has 2 aliphatic rings. The van der Waals surface area contributed by atoms with Crippen LogP contribution in [0.1, 0.15) is 39.5 Å². The molecule has 1 saturated carbocycles. The summed E-state index contributed by atoms with van der Waals surface area (Å²) >= 11 is 0. The van der Waals surface area contributed by atoms with Crippen LogP contribution in [0.25, 0.3) is 0 Å². The van der Waals surface area contributed by atoms with Gasteiger partial charge in [-0.1, -0.05) is 13.3 Å². The van der Waals surface area contributed by atoms with Crippen LogP contribution in [0.3, 0.4) is 0 Å². The number of piperidine rings is 1. The standard InChI is InChI=1S/C13H27NO2Si/c1-9-5-6-11-8-10(2)14-13(12(11)7-9)17(15-3)16-4/h9-14,17H,5-8H2,1-4H3. The second-order valence-electron chi connectivity index (χ2n) is 6.01. The average molecular weight is 257 g/mol. The van der Waals surface area contributed by atoms with E-state index in [0.29, 0.717) is 11.7 Å². The molecule has 1 heterocycles. The zero-order valence-electron chi connectivity index (χ0n) is 11.6. The lowest BCUT2D eigenvalue weighted by Gasteiger charge is -2.47. The highest BCUT2D eigenvalue weighted by molar-refractivity contribution is 6.46. The summed E-state index contributed by atoms with van der Waals surface area (Å²) in [6.07, 6.45) is 5.50. The van der Waals surface area contributed by atoms with E-state index in [1.165, 1.54) is 25.7 Å². The quantitative estimate of drug-likeness (QED) is 0.783. The van der Waals surface area contributed by atoms with Gasteiger partial charge in [-0.2, -0.15) is 0 Å². The average Bonchev–Trinajstić information content (AvgIpc) is 2.31. The van der Waals surface area contributed by atoms with E-state index in [9.17, 15) is 0 Å². The van der Waals surface area contributed by atoms with Gasteiger partial charge in [0, 0.05) is 20.3 Å². The smallest absolute Gasteiger partial charge is 0.338 e. The summed E-state index contributed by atoms with van der Waals surface area (Å²) in [6, 6.07) is 0.620. The molecule has 1 aliphatic heterocycles. The molecule has 0 bridgehead atoms. The second-order valence-corrected chi connectivity index (χ2v) is 8.41.